The molecule has 0 saturated carbocycles. The molecule has 2 rings (SSSR count). The van der Waals surface area contributed by atoms with E-state index in [1.165, 1.54) is 0 Å². The van der Waals surface area contributed by atoms with Crippen LogP contribution >= 0.6 is 0 Å². The molecule has 2 N–H and O–H groups in total. The standard InChI is InChI=1S/C14H13NO.2C2H6/c15-14-8-4-3-6-12(14)9-11-5-1-2-7-13(11)10-16;2*1-2/h1-8,10H,9,15H2;2*1-2H3. The quantitative estimate of drug-likeness (QED) is 0.648. The largest absolute Gasteiger partial charge is 0.398 e. The highest BCUT2D eigenvalue weighted by atomic mass is 16.1. The van der Waals surface area contributed by atoms with E-state index in [-0.39, 0.29) is 0 Å². The second kappa shape index (κ2) is 10.8. The Morgan fingerprint density at radius 1 is 0.850 bits per heavy atom. The predicted molar refractivity (Wildman–Crippen MR) is 88.2 cm³/mol. The second-order valence-corrected chi connectivity index (χ2v) is 3.69. The van der Waals surface area contributed by atoms with Gasteiger partial charge in [-0.1, -0.05) is 70.2 Å². The first-order valence-electron chi connectivity index (χ1n) is 7.17. The van der Waals surface area contributed by atoms with Crippen molar-refractivity contribution in [2.45, 2.75) is 34.1 Å². The number of benzene rings is 2. The minimum Gasteiger partial charge on any atom is -0.398 e. The average molecular weight is 271 g/mol. The van der Waals surface area contributed by atoms with Crippen LogP contribution in [0.5, 0.6) is 0 Å². The molecule has 0 aromatic heterocycles. The van der Waals surface area contributed by atoms with Gasteiger partial charge in [-0.15, -0.1) is 0 Å². The van der Waals surface area contributed by atoms with Crippen molar-refractivity contribution in [1.82, 2.24) is 0 Å². The molecular weight excluding hydrogens is 246 g/mol. The van der Waals surface area contributed by atoms with Gasteiger partial charge >= 0.3 is 0 Å². The van der Waals surface area contributed by atoms with Gasteiger partial charge in [0.2, 0.25) is 0 Å². The average Bonchev–Trinajstić information content (AvgIpc) is 2.54. The normalized spacial score (nSPS) is 8.60. The molecule has 2 aromatic carbocycles. The van der Waals surface area contributed by atoms with Gasteiger partial charge < -0.3 is 5.73 Å². The number of aldehydes is 1. The van der Waals surface area contributed by atoms with Crippen molar-refractivity contribution < 1.29 is 4.79 Å². The number of nitrogens with two attached hydrogens (primary N) is 1. The number of hydrogen-bond donors (Lipinski definition) is 1. The fraction of sp³-hybridized carbons (Fsp3) is 0.278. The second-order valence-electron chi connectivity index (χ2n) is 3.69. The molecule has 0 amide bonds. The van der Waals surface area contributed by atoms with Crippen molar-refractivity contribution in [1.29, 1.82) is 0 Å². The lowest BCUT2D eigenvalue weighted by Gasteiger charge is -2.07. The summed E-state index contributed by atoms with van der Waals surface area (Å²) < 4.78 is 0. The minimum atomic E-state index is 0.696. The monoisotopic (exact) mass is 271 g/mol. The Morgan fingerprint density at radius 3 is 1.90 bits per heavy atom. The van der Waals surface area contributed by atoms with Crippen LogP contribution < -0.4 is 5.73 Å². The van der Waals surface area contributed by atoms with Crippen LogP contribution in [0.25, 0.3) is 0 Å². The Labute approximate surface area is 122 Å². The molecule has 0 saturated heterocycles. The molecule has 2 heteroatoms. The first-order valence-corrected chi connectivity index (χ1v) is 7.17. The Balaban J connectivity index is 0.000000829. The summed E-state index contributed by atoms with van der Waals surface area (Å²) in [6.45, 7) is 8.00. The maximum atomic E-state index is 10.9. The molecule has 0 radical (unpaired) electrons. The number of hydrogen-bond acceptors (Lipinski definition) is 2. The topological polar surface area (TPSA) is 43.1 Å². The first-order chi connectivity index (χ1) is 9.81. The lowest BCUT2D eigenvalue weighted by Crippen LogP contribution is -1.98. The molecule has 20 heavy (non-hydrogen) atoms. The maximum absolute atomic E-state index is 10.9. The van der Waals surface area contributed by atoms with E-state index in [2.05, 4.69) is 0 Å². The van der Waals surface area contributed by atoms with Crippen LogP contribution in [0.3, 0.4) is 0 Å². The zero-order valence-corrected chi connectivity index (χ0v) is 12.9. The fourth-order valence-corrected chi connectivity index (χ4v) is 1.71. The van der Waals surface area contributed by atoms with Crippen LogP contribution in [-0.4, -0.2) is 6.29 Å². The van der Waals surface area contributed by atoms with Gasteiger partial charge in [-0.25, -0.2) is 0 Å². The van der Waals surface area contributed by atoms with Crippen molar-refractivity contribution in [2.75, 3.05) is 5.73 Å². The highest BCUT2D eigenvalue weighted by molar-refractivity contribution is 5.77. The van der Waals surface area contributed by atoms with Crippen LogP contribution in [0.4, 0.5) is 5.69 Å². The summed E-state index contributed by atoms with van der Waals surface area (Å²) >= 11 is 0. The molecule has 0 fully saturated rings. The molecule has 0 aliphatic heterocycles. The highest BCUT2D eigenvalue weighted by Gasteiger charge is 2.03. The van der Waals surface area contributed by atoms with Crippen molar-refractivity contribution in [3.63, 3.8) is 0 Å². The third kappa shape index (κ3) is 5.27. The van der Waals surface area contributed by atoms with Gasteiger partial charge in [0.15, 0.2) is 0 Å². The van der Waals surface area contributed by atoms with E-state index in [0.717, 1.165) is 28.7 Å². The molecule has 108 valence electrons. The van der Waals surface area contributed by atoms with Crippen LogP contribution in [0.2, 0.25) is 0 Å². The van der Waals surface area contributed by atoms with Gasteiger partial charge in [-0.3, -0.25) is 4.79 Å². The first kappa shape index (κ1) is 17.9. The Bertz CT molecular complexity index is 506. The van der Waals surface area contributed by atoms with E-state index in [1.807, 2.05) is 76.2 Å². The summed E-state index contributed by atoms with van der Waals surface area (Å²) in [6, 6.07) is 15.3. The number of nitrogen functional groups attached to an aromatic ring is 1. The van der Waals surface area contributed by atoms with E-state index >= 15 is 0 Å². The van der Waals surface area contributed by atoms with Crippen molar-refractivity contribution in [3.8, 4) is 0 Å². The molecule has 0 heterocycles. The van der Waals surface area contributed by atoms with Gasteiger partial charge in [0.25, 0.3) is 0 Å². The van der Waals surface area contributed by atoms with Gasteiger partial charge in [0.1, 0.15) is 6.29 Å². The Hall–Kier alpha value is -2.09. The summed E-state index contributed by atoms with van der Waals surface area (Å²) in [5.41, 5.74) is 9.43. The summed E-state index contributed by atoms with van der Waals surface area (Å²) in [7, 11) is 0. The predicted octanol–water partition coefficient (Wildman–Crippen LogP) is 4.72. The third-order valence-corrected chi connectivity index (χ3v) is 2.62. The molecule has 0 aliphatic carbocycles. The van der Waals surface area contributed by atoms with E-state index in [1.54, 1.807) is 0 Å². The van der Waals surface area contributed by atoms with E-state index < -0.39 is 0 Å². The van der Waals surface area contributed by atoms with Gasteiger partial charge in [0.05, 0.1) is 0 Å². The molecule has 0 bridgehead atoms. The zero-order valence-electron chi connectivity index (χ0n) is 12.9. The summed E-state index contributed by atoms with van der Waals surface area (Å²) in [4.78, 5) is 10.9. The van der Waals surface area contributed by atoms with Crippen LogP contribution in [-0.2, 0) is 6.42 Å². The van der Waals surface area contributed by atoms with Crippen LogP contribution in [0, 0.1) is 0 Å². The lowest BCUT2D eigenvalue weighted by molar-refractivity contribution is 0.112. The summed E-state index contributed by atoms with van der Waals surface area (Å²) in [5.74, 6) is 0. The number of rotatable bonds is 3. The molecule has 0 unspecified atom stereocenters. The Kier molecular flexibility index (Phi) is 9.67. The Morgan fingerprint density at radius 2 is 1.35 bits per heavy atom. The number of carbonyl (C=O) groups excluding carboxylic acids is 1. The lowest BCUT2D eigenvalue weighted by atomic mass is 9.99. The van der Waals surface area contributed by atoms with Crippen LogP contribution in [0.15, 0.2) is 48.5 Å². The molecule has 0 spiro atoms. The highest BCUT2D eigenvalue weighted by Crippen LogP contribution is 2.17. The number of carbonyl (C=O) groups is 1. The number of para-hydroxylation sites is 1. The smallest absolute Gasteiger partial charge is 0.150 e. The molecule has 2 nitrogen and oxygen atoms in total. The SMILES string of the molecule is CC.CC.Nc1ccccc1Cc1ccccc1C=O. The van der Waals surface area contributed by atoms with Crippen molar-refractivity contribution >= 4 is 12.0 Å². The third-order valence-electron chi connectivity index (χ3n) is 2.62. The fourth-order valence-electron chi connectivity index (χ4n) is 1.71. The summed E-state index contributed by atoms with van der Waals surface area (Å²) in [6.07, 6.45) is 1.58. The number of anilines is 1. The molecule has 2 aromatic rings. The van der Waals surface area contributed by atoms with Gasteiger partial charge in [-0.05, 0) is 17.2 Å². The van der Waals surface area contributed by atoms with E-state index in [4.69, 9.17) is 5.73 Å². The van der Waals surface area contributed by atoms with Gasteiger partial charge in [-0.2, -0.15) is 0 Å². The van der Waals surface area contributed by atoms with Crippen LogP contribution in [0.1, 0.15) is 49.2 Å². The molecule has 0 aliphatic rings. The summed E-state index contributed by atoms with van der Waals surface area (Å²) in [5, 5.41) is 0. The van der Waals surface area contributed by atoms with E-state index in [0.29, 0.717) is 6.42 Å². The van der Waals surface area contributed by atoms with Gasteiger partial charge in [0, 0.05) is 17.7 Å². The zero-order chi connectivity index (χ0) is 15.4. The van der Waals surface area contributed by atoms with E-state index in [9.17, 15) is 4.79 Å². The van der Waals surface area contributed by atoms with Crippen molar-refractivity contribution in [2.24, 2.45) is 0 Å². The van der Waals surface area contributed by atoms with Crippen molar-refractivity contribution in [3.05, 3.63) is 65.2 Å². The molecular formula is C18H25NO. The molecule has 0 atom stereocenters. The maximum Gasteiger partial charge on any atom is 0.150 e. The minimum absolute atomic E-state index is 0.696.